The average molecular weight is 353 g/mol. The Balaban J connectivity index is 2.27. The van der Waals surface area contributed by atoms with Crippen LogP contribution in [0, 0.1) is 0 Å². The number of imidazole rings is 1. The van der Waals surface area contributed by atoms with E-state index in [0.717, 1.165) is 4.47 Å². The number of rotatable bonds is 3. The fraction of sp³-hybridized carbons (Fsp3) is 0.357. The number of hydrogen-bond donors (Lipinski definition) is 1. The Morgan fingerprint density at radius 2 is 2.19 bits per heavy atom. The van der Waals surface area contributed by atoms with Gasteiger partial charge in [-0.05, 0) is 42.8 Å². The van der Waals surface area contributed by atoms with Crippen molar-refractivity contribution in [3.8, 4) is 0 Å². The molecular formula is C14H17BrN4O2. The third-order valence-electron chi connectivity index (χ3n) is 2.48. The van der Waals surface area contributed by atoms with E-state index >= 15 is 0 Å². The van der Waals surface area contributed by atoms with Crippen LogP contribution in [-0.4, -0.2) is 26.6 Å². The van der Waals surface area contributed by atoms with Crippen LogP contribution in [0.1, 0.15) is 26.6 Å². The van der Waals surface area contributed by atoms with Gasteiger partial charge in [-0.1, -0.05) is 0 Å². The van der Waals surface area contributed by atoms with Crippen molar-refractivity contribution in [2.24, 2.45) is 0 Å². The van der Waals surface area contributed by atoms with Crippen LogP contribution in [0.2, 0.25) is 0 Å². The molecule has 0 aromatic carbocycles. The predicted octanol–water partition coefficient (Wildman–Crippen LogP) is 3.51. The van der Waals surface area contributed by atoms with E-state index in [9.17, 15) is 4.79 Å². The second-order valence-corrected chi connectivity index (χ2v) is 6.38. The quantitative estimate of drug-likeness (QED) is 0.917. The third kappa shape index (κ3) is 4.56. The van der Waals surface area contributed by atoms with Gasteiger partial charge >= 0.3 is 6.09 Å². The lowest BCUT2D eigenvalue weighted by Gasteiger charge is -2.26. The van der Waals surface area contributed by atoms with Crippen LogP contribution in [0.15, 0.2) is 35.3 Å². The molecule has 2 aromatic rings. The summed E-state index contributed by atoms with van der Waals surface area (Å²) in [6.07, 6.45) is 6.17. The van der Waals surface area contributed by atoms with Crippen molar-refractivity contribution in [2.75, 3.05) is 4.90 Å². The lowest BCUT2D eigenvalue weighted by molar-refractivity contribution is 0.0576. The first-order valence-electron chi connectivity index (χ1n) is 6.44. The van der Waals surface area contributed by atoms with Gasteiger partial charge in [0.05, 0.1) is 18.4 Å². The zero-order valence-corrected chi connectivity index (χ0v) is 13.7. The largest absolute Gasteiger partial charge is 0.443 e. The van der Waals surface area contributed by atoms with Gasteiger partial charge in [-0.2, -0.15) is 0 Å². The Kier molecular flexibility index (Phi) is 4.62. The fourth-order valence-corrected chi connectivity index (χ4v) is 2.01. The molecule has 0 aliphatic carbocycles. The van der Waals surface area contributed by atoms with Crippen LogP contribution >= 0.6 is 15.9 Å². The van der Waals surface area contributed by atoms with Gasteiger partial charge in [0.15, 0.2) is 0 Å². The summed E-state index contributed by atoms with van der Waals surface area (Å²) in [4.78, 5) is 25.1. The number of ether oxygens (including phenoxy) is 1. The SMILES string of the molecule is CC(C)(C)OC(=O)N(Cc1ncc[nH]1)c1cncc(Br)c1. The maximum Gasteiger partial charge on any atom is 0.415 e. The minimum absolute atomic E-state index is 0.278. The van der Waals surface area contributed by atoms with E-state index in [1.165, 1.54) is 4.90 Å². The number of aromatic amines is 1. The van der Waals surface area contributed by atoms with Crippen molar-refractivity contribution in [3.63, 3.8) is 0 Å². The summed E-state index contributed by atoms with van der Waals surface area (Å²) >= 11 is 3.35. The number of pyridine rings is 1. The van der Waals surface area contributed by atoms with E-state index in [-0.39, 0.29) is 6.54 Å². The molecule has 6 nitrogen and oxygen atoms in total. The maximum atomic E-state index is 12.4. The molecule has 1 amide bonds. The summed E-state index contributed by atoms with van der Waals surface area (Å²) in [5.74, 6) is 0.667. The van der Waals surface area contributed by atoms with Crippen LogP contribution in [0.25, 0.3) is 0 Å². The van der Waals surface area contributed by atoms with Crippen molar-refractivity contribution >= 4 is 27.7 Å². The molecule has 0 bridgehead atoms. The van der Waals surface area contributed by atoms with Gasteiger partial charge in [0.1, 0.15) is 11.4 Å². The molecule has 0 fully saturated rings. The van der Waals surface area contributed by atoms with E-state index < -0.39 is 11.7 Å². The normalized spacial score (nSPS) is 11.2. The zero-order valence-electron chi connectivity index (χ0n) is 12.1. The highest BCUT2D eigenvalue weighted by atomic mass is 79.9. The summed E-state index contributed by atoms with van der Waals surface area (Å²) < 4.78 is 6.23. The van der Waals surface area contributed by atoms with Crippen molar-refractivity contribution < 1.29 is 9.53 Å². The van der Waals surface area contributed by atoms with Crippen molar-refractivity contribution in [3.05, 3.63) is 41.2 Å². The molecule has 0 saturated carbocycles. The van der Waals surface area contributed by atoms with Gasteiger partial charge in [0, 0.05) is 23.1 Å². The molecule has 2 heterocycles. The fourth-order valence-electron chi connectivity index (χ4n) is 1.66. The first-order chi connectivity index (χ1) is 9.85. The minimum atomic E-state index is -0.571. The average Bonchev–Trinajstić information content (AvgIpc) is 2.86. The van der Waals surface area contributed by atoms with Gasteiger partial charge in [0.25, 0.3) is 0 Å². The zero-order chi connectivity index (χ0) is 15.5. The molecule has 2 aromatic heterocycles. The van der Waals surface area contributed by atoms with Gasteiger partial charge in [-0.25, -0.2) is 9.78 Å². The van der Waals surface area contributed by atoms with E-state index in [4.69, 9.17) is 4.74 Å². The molecule has 2 rings (SSSR count). The van der Waals surface area contributed by atoms with Gasteiger partial charge in [0.2, 0.25) is 0 Å². The predicted molar refractivity (Wildman–Crippen MR) is 82.9 cm³/mol. The molecule has 0 radical (unpaired) electrons. The molecule has 0 saturated heterocycles. The summed E-state index contributed by atoms with van der Waals surface area (Å²) in [5, 5.41) is 0. The van der Waals surface area contributed by atoms with Gasteiger partial charge < -0.3 is 9.72 Å². The number of amides is 1. The smallest absolute Gasteiger partial charge is 0.415 e. The van der Waals surface area contributed by atoms with Crippen LogP contribution in [-0.2, 0) is 11.3 Å². The summed E-state index contributed by atoms with van der Waals surface area (Å²) in [6.45, 7) is 5.76. The third-order valence-corrected chi connectivity index (χ3v) is 2.91. The number of aromatic nitrogens is 3. The number of nitrogens with one attached hydrogen (secondary N) is 1. The number of halogens is 1. The molecule has 0 unspecified atom stereocenters. The second-order valence-electron chi connectivity index (χ2n) is 5.46. The van der Waals surface area contributed by atoms with Crippen LogP contribution < -0.4 is 4.90 Å². The van der Waals surface area contributed by atoms with E-state index in [2.05, 4.69) is 30.9 Å². The maximum absolute atomic E-state index is 12.4. The van der Waals surface area contributed by atoms with Crippen LogP contribution in [0.4, 0.5) is 10.5 Å². The van der Waals surface area contributed by atoms with Crippen LogP contribution in [0.5, 0.6) is 0 Å². The first kappa shape index (κ1) is 15.5. The van der Waals surface area contributed by atoms with E-state index in [0.29, 0.717) is 11.5 Å². The highest BCUT2D eigenvalue weighted by Crippen LogP contribution is 2.22. The highest BCUT2D eigenvalue weighted by molar-refractivity contribution is 9.10. The number of nitrogens with zero attached hydrogens (tertiary/aromatic N) is 3. The Bertz CT molecular complexity index is 608. The van der Waals surface area contributed by atoms with Crippen molar-refractivity contribution in [2.45, 2.75) is 32.9 Å². The monoisotopic (exact) mass is 352 g/mol. The number of anilines is 1. The van der Waals surface area contributed by atoms with Gasteiger partial charge in [-0.15, -0.1) is 0 Å². The number of carbonyl (C=O) groups excluding carboxylic acids is 1. The molecule has 1 N–H and O–H groups in total. The summed E-state index contributed by atoms with van der Waals surface area (Å²) in [6, 6.07) is 1.81. The van der Waals surface area contributed by atoms with Crippen molar-refractivity contribution in [1.82, 2.24) is 15.0 Å². The Hall–Kier alpha value is -1.89. The molecule has 0 spiro atoms. The topological polar surface area (TPSA) is 71.1 Å². The second kappa shape index (κ2) is 6.26. The molecule has 0 aliphatic heterocycles. The van der Waals surface area contributed by atoms with Gasteiger partial charge in [-0.3, -0.25) is 9.88 Å². The molecule has 112 valence electrons. The Labute approximate surface area is 131 Å². The number of carbonyl (C=O) groups is 1. The van der Waals surface area contributed by atoms with E-state index in [1.54, 1.807) is 30.9 Å². The summed E-state index contributed by atoms with van der Waals surface area (Å²) in [5.41, 5.74) is 0.0628. The first-order valence-corrected chi connectivity index (χ1v) is 7.24. The lowest BCUT2D eigenvalue weighted by atomic mass is 10.2. The molecular weight excluding hydrogens is 336 g/mol. The molecule has 21 heavy (non-hydrogen) atoms. The van der Waals surface area contributed by atoms with E-state index in [1.807, 2.05) is 20.8 Å². The molecule has 0 atom stereocenters. The number of H-pyrrole nitrogens is 1. The Morgan fingerprint density at radius 3 is 2.76 bits per heavy atom. The standard InChI is InChI=1S/C14H17BrN4O2/c1-14(2,3)21-13(20)19(9-12-17-4-5-18-12)11-6-10(15)7-16-8-11/h4-8H,9H2,1-3H3,(H,17,18). The lowest BCUT2D eigenvalue weighted by Crippen LogP contribution is -2.36. The minimum Gasteiger partial charge on any atom is -0.443 e. The highest BCUT2D eigenvalue weighted by Gasteiger charge is 2.24. The Morgan fingerprint density at radius 1 is 1.43 bits per heavy atom. The number of hydrogen-bond acceptors (Lipinski definition) is 4. The van der Waals surface area contributed by atoms with Crippen LogP contribution in [0.3, 0.4) is 0 Å². The summed E-state index contributed by atoms with van der Waals surface area (Å²) in [7, 11) is 0. The molecule has 7 heteroatoms. The van der Waals surface area contributed by atoms with Crippen molar-refractivity contribution in [1.29, 1.82) is 0 Å². The molecule has 0 aliphatic rings.